The van der Waals surface area contributed by atoms with Gasteiger partial charge in [-0.3, -0.25) is 4.79 Å². The Kier molecular flexibility index (Phi) is 6.86. The van der Waals surface area contributed by atoms with Crippen LogP contribution in [0.5, 0.6) is 11.5 Å². The second-order valence-electron chi connectivity index (χ2n) is 7.91. The second kappa shape index (κ2) is 9.47. The zero-order chi connectivity index (χ0) is 22.9. The number of piperidine rings is 1. The smallest absolute Gasteiger partial charge is 0.243 e. The number of carbonyl (C=O) groups is 1. The first-order valence-corrected chi connectivity index (χ1v) is 12.5. The zero-order valence-corrected chi connectivity index (χ0v) is 19.9. The molecule has 0 aliphatic carbocycles. The molecule has 1 fully saturated rings. The SMILES string of the molecule is CN(Cc1ccc(Cl)cc1Cl)C(=O)C1CCN(S(=O)(=O)c2ccc3c(c2)OCCO3)CC1. The van der Waals surface area contributed by atoms with Crippen molar-refractivity contribution < 1.29 is 22.7 Å². The maximum atomic E-state index is 13.1. The summed E-state index contributed by atoms with van der Waals surface area (Å²) < 4.78 is 38.6. The number of carbonyl (C=O) groups excluding carboxylic acids is 1. The molecule has 0 spiro atoms. The van der Waals surface area contributed by atoms with Crippen LogP contribution in [-0.4, -0.2) is 56.9 Å². The Labute approximate surface area is 197 Å². The highest BCUT2D eigenvalue weighted by molar-refractivity contribution is 7.89. The molecular weight excluding hydrogens is 475 g/mol. The van der Waals surface area contributed by atoms with E-state index in [-0.39, 0.29) is 29.8 Å². The highest BCUT2D eigenvalue weighted by atomic mass is 35.5. The largest absolute Gasteiger partial charge is 0.486 e. The molecule has 0 saturated carbocycles. The number of nitrogens with zero attached hydrogens (tertiary/aromatic N) is 2. The Morgan fingerprint density at radius 1 is 1.06 bits per heavy atom. The Hall–Kier alpha value is -2.00. The molecule has 0 atom stereocenters. The first-order valence-electron chi connectivity index (χ1n) is 10.3. The fourth-order valence-electron chi connectivity index (χ4n) is 3.97. The number of amides is 1. The highest BCUT2D eigenvalue weighted by Crippen LogP contribution is 2.34. The molecule has 2 aromatic carbocycles. The molecular formula is C22H24Cl2N2O5S. The van der Waals surface area contributed by atoms with Crippen LogP contribution < -0.4 is 9.47 Å². The van der Waals surface area contributed by atoms with Crippen molar-refractivity contribution >= 4 is 39.1 Å². The number of hydrogen-bond acceptors (Lipinski definition) is 5. The van der Waals surface area contributed by atoms with Gasteiger partial charge in [-0.15, -0.1) is 0 Å². The topological polar surface area (TPSA) is 76.2 Å². The maximum Gasteiger partial charge on any atom is 0.243 e. The average molecular weight is 499 g/mol. The Balaban J connectivity index is 1.38. The van der Waals surface area contributed by atoms with E-state index in [1.54, 1.807) is 36.2 Å². The van der Waals surface area contributed by atoms with Crippen molar-refractivity contribution in [2.24, 2.45) is 5.92 Å². The fraction of sp³-hybridized carbons (Fsp3) is 0.409. The van der Waals surface area contributed by atoms with Crippen molar-refractivity contribution in [2.45, 2.75) is 24.3 Å². The summed E-state index contributed by atoms with van der Waals surface area (Å²) in [5.74, 6) is 0.721. The molecule has 4 rings (SSSR count). The summed E-state index contributed by atoms with van der Waals surface area (Å²) >= 11 is 12.2. The molecule has 2 aliphatic rings. The van der Waals surface area contributed by atoms with Crippen LogP contribution in [0.25, 0.3) is 0 Å². The van der Waals surface area contributed by atoms with Gasteiger partial charge in [0.15, 0.2) is 11.5 Å². The van der Waals surface area contributed by atoms with E-state index in [1.165, 1.54) is 16.4 Å². The number of ether oxygens (including phenoxy) is 2. The van der Waals surface area contributed by atoms with Gasteiger partial charge in [0.2, 0.25) is 15.9 Å². The van der Waals surface area contributed by atoms with Crippen LogP contribution in [0.4, 0.5) is 0 Å². The van der Waals surface area contributed by atoms with Crippen molar-refractivity contribution in [1.29, 1.82) is 0 Å². The molecule has 0 bridgehead atoms. The van der Waals surface area contributed by atoms with Gasteiger partial charge < -0.3 is 14.4 Å². The third-order valence-corrected chi connectivity index (χ3v) is 8.24. The minimum Gasteiger partial charge on any atom is -0.486 e. The number of hydrogen-bond donors (Lipinski definition) is 0. The van der Waals surface area contributed by atoms with Crippen molar-refractivity contribution in [2.75, 3.05) is 33.4 Å². The fourth-order valence-corrected chi connectivity index (χ4v) is 5.93. The summed E-state index contributed by atoms with van der Waals surface area (Å²) in [6.07, 6.45) is 0.919. The molecule has 2 aliphatic heterocycles. The minimum atomic E-state index is -3.68. The highest BCUT2D eigenvalue weighted by Gasteiger charge is 2.34. The summed E-state index contributed by atoms with van der Waals surface area (Å²) in [5, 5.41) is 1.05. The predicted octanol–water partition coefficient (Wildman–Crippen LogP) is 3.82. The molecule has 0 N–H and O–H groups in total. The molecule has 2 heterocycles. The normalized spacial score (nSPS) is 17.2. The lowest BCUT2D eigenvalue weighted by Gasteiger charge is -2.32. The lowest BCUT2D eigenvalue weighted by Crippen LogP contribution is -2.43. The number of rotatable bonds is 5. The number of sulfonamides is 1. The van der Waals surface area contributed by atoms with Crippen molar-refractivity contribution in [3.63, 3.8) is 0 Å². The quantitative estimate of drug-likeness (QED) is 0.625. The van der Waals surface area contributed by atoms with Crippen molar-refractivity contribution in [3.05, 3.63) is 52.0 Å². The van der Waals surface area contributed by atoms with Crippen LogP contribution in [0, 0.1) is 5.92 Å². The van der Waals surface area contributed by atoms with E-state index < -0.39 is 10.0 Å². The summed E-state index contributed by atoms with van der Waals surface area (Å²) in [7, 11) is -1.95. The molecule has 2 aromatic rings. The lowest BCUT2D eigenvalue weighted by molar-refractivity contribution is -0.135. The monoisotopic (exact) mass is 498 g/mol. The number of halogens is 2. The molecule has 0 radical (unpaired) electrons. The third kappa shape index (κ3) is 4.83. The van der Waals surface area contributed by atoms with Gasteiger partial charge in [0.1, 0.15) is 13.2 Å². The van der Waals surface area contributed by atoms with Gasteiger partial charge in [-0.2, -0.15) is 4.31 Å². The van der Waals surface area contributed by atoms with Crippen LogP contribution in [-0.2, 0) is 21.4 Å². The van der Waals surface area contributed by atoms with E-state index in [4.69, 9.17) is 32.7 Å². The third-order valence-electron chi connectivity index (χ3n) is 5.75. The van der Waals surface area contributed by atoms with Gasteiger partial charge in [0, 0.05) is 48.7 Å². The van der Waals surface area contributed by atoms with Gasteiger partial charge in [-0.05, 0) is 42.7 Å². The Morgan fingerprint density at radius 2 is 1.75 bits per heavy atom. The predicted molar refractivity (Wildman–Crippen MR) is 122 cm³/mol. The van der Waals surface area contributed by atoms with Crippen LogP contribution in [0.2, 0.25) is 10.0 Å². The molecule has 7 nitrogen and oxygen atoms in total. The molecule has 10 heteroatoms. The summed E-state index contributed by atoms with van der Waals surface area (Å²) in [5.41, 5.74) is 0.811. The van der Waals surface area contributed by atoms with Gasteiger partial charge in [-0.25, -0.2) is 8.42 Å². The zero-order valence-electron chi connectivity index (χ0n) is 17.6. The van der Waals surface area contributed by atoms with Gasteiger partial charge in [-0.1, -0.05) is 29.3 Å². The first kappa shape index (κ1) is 23.2. The minimum absolute atomic E-state index is 0.0209. The van der Waals surface area contributed by atoms with Crippen LogP contribution in [0.3, 0.4) is 0 Å². The molecule has 0 aromatic heterocycles. The van der Waals surface area contributed by atoms with Gasteiger partial charge in [0.05, 0.1) is 4.90 Å². The number of fused-ring (bicyclic) bond motifs is 1. The summed E-state index contributed by atoms with van der Waals surface area (Å²) in [6.45, 7) is 1.76. The lowest BCUT2D eigenvalue weighted by atomic mass is 9.96. The van der Waals surface area contributed by atoms with Crippen LogP contribution >= 0.6 is 23.2 Å². The Morgan fingerprint density at radius 3 is 2.44 bits per heavy atom. The number of benzene rings is 2. The first-order chi connectivity index (χ1) is 15.3. The van der Waals surface area contributed by atoms with E-state index in [0.29, 0.717) is 54.1 Å². The van der Waals surface area contributed by atoms with Gasteiger partial charge >= 0.3 is 0 Å². The van der Waals surface area contributed by atoms with E-state index in [2.05, 4.69) is 0 Å². The van der Waals surface area contributed by atoms with E-state index in [0.717, 1.165) is 5.56 Å². The average Bonchev–Trinajstić information content (AvgIpc) is 2.80. The van der Waals surface area contributed by atoms with Crippen LogP contribution in [0.1, 0.15) is 18.4 Å². The van der Waals surface area contributed by atoms with E-state index in [9.17, 15) is 13.2 Å². The van der Waals surface area contributed by atoms with E-state index in [1.807, 2.05) is 0 Å². The Bertz CT molecular complexity index is 1120. The van der Waals surface area contributed by atoms with Gasteiger partial charge in [0.25, 0.3) is 0 Å². The maximum absolute atomic E-state index is 13.1. The molecule has 1 saturated heterocycles. The molecule has 0 unspecified atom stereocenters. The van der Waals surface area contributed by atoms with Crippen molar-refractivity contribution in [1.82, 2.24) is 9.21 Å². The molecule has 1 amide bonds. The summed E-state index contributed by atoms with van der Waals surface area (Å²) in [6, 6.07) is 9.85. The van der Waals surface area contributed by atoms with E-state index >= 15 is 0 Å². The second-order valence-corrected chi connectivity index (χ2v) is 10.7. The van der Waals surface area contributed by atoms with Crippen LogP contribution in [0.15, 0.2) is 41.3 Å². The standard InChI is InChI=1S/C22H24Cl2N2O5S/c1-25(14-16-2-3-17(23)12-19(16)24)22(27)15-6-8-26(9-7-15)32(28,29)18-4-5-20-21(13-18)31-11-10-30-20/h2-5,12-13,15H,6-11,14H2,1H3. The molecule has 32 heavy (non-hydrogen) atoms. The van der Waals surface area contributed by atoms with Crippen molar-refractivity contribution in [3.8, 4) is 11.5 Å². The molecule has 172 valence electrons. The summed E-state index contributed by atoms with van der Waals surface area (Å²) in [4.78, 5) is 14.7.